The molecule has 0 spiro atoms. The van der Waals surface area contributed by atoms with Gasteiger partial charge in [-0.15, -0.1) is 11.3 Å². The minimum atomic E-state index is -0.354. The van der Waals surface area contributed by atoms with Gasteiger partial charge >= 0.3 is 0 Å². The molecule has 4 nitrogen and oxygen atoms in total. The molecule has 1 aromatic carbocycles. The highest BCUT2D eigenvalue weighted by Crippen LogP contribution is 2.28. The van der Waals surface area contributed by atoms with Crippen LogP contribution in [0.1, 0.15) is 16.6 Å². The van der Waals surface area contributed by atoms with Gasteiger partial charge in [0.15, 0.2) is 0 Å². The Kier molecular flexibility index (Phi) is 4.42. The van der Waals surface area contributed by atoms with E-state index in [0.29, 0.717) is 29.9 Å². The molecule has 1 aliphatic rings. The van der Waals surface area contributed by atoms with E-state index in [9.17, 15) is 14.3 Å². The second-order valence-electron chi connectivity index (χ2n) is 5.70. The molecule has 22 heavy (non-hydrogen) atoms. The van der Waals surface area contributed by atoms with Gasteiger partial charge in [-0.1, -0.05) is 6.07 Å². The molecule has 1 saturated heterocycles. The van der Waals surface area contributed by atoms with Crippen LogP contribution < -0.4 is 0 Å². The summed E-state index contributed by atoms with van der Waals surface area (Å²) in [6.45, 7) is 5.20. The molecule has 2 aromatic rings. The van der Waals surface area contributed by atoms with Crippen LogP contribution >= 0.6 is 11.3 Å². The lowest BCUT2D eigenvalue weighted by Crippen LogP contribution is -2.50. The zero-order valence-electron chi connectivity index (χ0n) is 12.5. The van der Waals surface area contributed by atoms with Crippen LogP contribution in [0.3, 0.4) is 0 Å². The zero-order chi connectivity index (χ0) is 15.7. The molecule has 1 unspecified atom stereocenters. The average molecular weight is 322 g/mol. The van der Waals surface area contributed by atoms with Crippen LogP contribution in [0.2, 0.25) is 0 Å². The maximum absolute atomic E-state index is 13.7. The van der Waals surface area contributed by atoms with Gasteiger partial charge in [0.1, 0.15) is 5.82 Å². The van der Waals surface area contributed by atoms with Crippen molar-refractivity contribution in [2.45, 2.75) is 13.0 Å². The van der Waals surface area contributed by atoms with E-state index in [-0.39, 0.29) is 17.8 Å². The summed E-state index contributed by atoms with van der Waals surface area (Å²) in [4.78, 5) is 17.1. The number of carbonyl (C=O) groups excluding carboxylic acids is 1. The standard InChI is InChI=1S/C16H19FN2O2S/c1-11(20)10-18-5-7-19(8-6-18)16(21)15-9-12-13(17)3-2-4-14(12)22-15/h2-4,9,11,20H,5-8,10H2,1H3. The number of hydrogen-bond acceptors (Lipinski definition) is 4. The first kappa shape index (κ1) is 15.4. The number of nitrogens with zero attached hydrogens (tertiary/aromatic N) is 2. The van der Waals surface area contributed by atoms with E-state index in [2.05, 4.69) is 4.90 Å². The van der Waals surface area contributed by atoms with Gasteiger partial charge in [0.05, 0.1) is 11.0 Å². The fraction of sp³-hybridized carbons (Fsp3) is 0.438. The van der Waals surface area contributed by atoms with Gasteiger partial charge in [0, 0.05) is 42.8 Å². The minimum Gasteiger partial charge on any atom is -0.392 e. The summed E-state index contributed by atoms with van der Waals surface area (Å²) in [7, 11) is 0. The molecule has 0 bridgehead atoms. The largest absolute Gasteiger partial charge is 0.392 e. The molecule has 3 rings (SSSR count). The molecule has 0 radical (unpaired) electrons. The van der Waals surface area contributed by atoms with Crippen molar-refractivity contribution in [2.24, 2.45) is 0 Å². The number of β-amino-alcohol motifs (C(OH)–C–C–N with tert-alkyl or cyclic N) is 1. The number of carbonyl (C=O) groups is 1. The van der Waals surface area contributed by atoms with Crippen molar-refractivity contribution in [3.63, 3.8) is 0 Å². The number of amides is 1. The lowest BCUT2D eigenvalue weighted by molar-refractivity contribution is 0.0558. The van der Waals surface area contributed by atoms with E-state index in [1.54, 1.807) is 24.0 Å². The first-order valence-electron chi connectivity index (χ1n) is 7.42. The molecule has 1 aliphatic heterocycles. The third-order valence-corrected chi connectivity index (χ3v) is 4.99. The maximum Gasteiger partial charge on any atom is 0.264 e. The molecule has 2 heterocycles. The number of halogens is 1. The van der Waals surface area contributed by atoms with Crippen molar-refractivity contribution in [1.82, 2.24) is 9.80 Å². The highest BCUT2D eigenvalue weighted by molar-refractivity contribution is 7.20. The molecular weight excluding hydrogens is 303 g/mol. The Bertz CT molecular complexity index is 678. The van der Waals surface area contributed by atoms with Crippen molar-refractivity contribution in [3.8, 4) is 0 Å². The monoisotopic (exact) mass is 322 g/mol. The molecule has 1 fully saturated rings. The van der Waals surface area contributed by atoms with Crippen LogP contribution in [0.15, 0.2) is 24.3 Å². The molecule has 6 heteroatoms. The SMILES string of the molecule is CC(O)CN1CCN(C(=O)c2cc3c(F)cccc3s2)CC1. The first-order valence-corrected chi connectivity index (χ1v) is 8.24. The van der Waals surface area contributed by atoms with E-state index >= 15 is 0 Å². The summed E-state index contributed by atoms with van der Waals surface area (Å²) in [5.41, 5.74) is 0. The Morgan fingerprint density at radius 3 is 2.73 bits per heavy atom. The number of benzene rings is 1. The molecule has 0 saturated carbocycles. The molecule has 0 aliphatic carbocycles. The summed E-state index contributed by atoms with van der Waals surface area (Å²) in [5.74, 6) is -0.313. The quantitative estimate of drug-likeness (QED) is 0.942. The Morgan fingerprint density at radius 2 is 2.09 bits per heavy atom. The van der Waals surface area contributed by atoms with Gasteiger partial charge in [0.2, 0.25) is 0 Å². The molecule has 1 aromatic heterocycles. The molecule has 1 amide bonds. The summed E-state index contributed by atoms with van der Waals surface area (Å²) in [6.07, 6.45) is -0.354. The third-order valence-electron chi connectivity index (χ3n) is 3.90. The van der Waals surface area contributed by atoms with Crippen molar-refractivity contribution < 1.29 is 14.3 Å². The second-order valence-corrected chi connectivity index (χ2v) is 6.79. The van der Waals surface area contributed by atoms with Crippen molar-refractivity contribution in [2.75, 3.05) is 32.7 Å². The Labute approximate surface area is 132 Å². The first-order chi connectivity index (χ1) is 10.5. The molecule has 1 atom stereocenters. The van der Waals surface area contributed by atoms with Gasteiger partial charge in [-0.05, 0) is 25.1 Å². The zero-order valence-corrected chi connectivity index (χ0v) is 13.3. The van der Waals surface area contributed by atoms with Crippen molar-refractivity contribution >= 4 is 27.3 Å². The predicted octanol–water partition coefficient (Wildman–Crippen LogP) is 2.18. The topological polar surface area (TPSA) is 43.8 Å². The highest BCUT2D eigenvalue weighted by atomic mass is 32.1. The van der Waals surface area contributed by atoms with Crippen LogP contribution in [0.25, 0.3) is 10.1 Å². The normalized spacial score (nSPS) is 17.9. The molecule has 118 valence electrons. The lowest BCUT2D eigenvalue weighted by atomic mass is 10.2. The number of hydrogen-bond donors (Lipinski definition) is 1. The van der Waals surface area contributed by atoms with Gasteiger partial charge in [-0.2, -0.15) is 0 Å². The lowest BCUT2D eigenvalue weighted by Gasteiger charge is -2.35. The average Bonchev–Trinajstić information content (AvgIpc) is 2.92. The second kappa shape index (κ2) is 6.32. The minimum absolute atomic E-state index is 0.0303. The van der Waals surface area contributed by atoms with Gasteiger partial charge < -0.3 is 10.0 Å². The number of aliphatic hydroxyl groups excluding tert-OH is 1. The molecular formula is C16H19FN2O2S. The van der Waals surface area contributed by atoms with Crippen molar-refractivity contribution in [3.05, 3.63) is 35.0 Å². The summed E-state index contributed by atoms with van der Waals surface area (Å²) in [6, 6.07) is 6.57. The van der Waals surface area contributed by atoms with Gasteiger partial charge in [0.25, 0.3) is 5.91 Å². The Morgan fingerprint density at radius 1 is 1.36 bits per heavy atom. The fourth-order valence-corrected chi connectivity index (χ4v) is 3.84. The van der Waals surface area contributed by atoms with Gasteiger partial charge in [-0.25, -0.2) is 4.39 Å². The van der Waals surface area contributed by atoms with Gasteiger partial charge in [-0.3, -0.25) is 9.69 Å². The summed E-state index contributed by atoms with van der Waals surface area (Å²) in [5, 5.41) is 9.93. The number of fused-ring (bicyclic) bond motifs is 1. The fourth-order valence-electron chi connectivity index (χ4n) is 2.79. The van der Waals surface area contributed by atoms with Crippen LogP contribution in [-0.2, 0) is 0 Å². The number of piperazine rings is 1. The van der Waals surface area contributed by atoms with Crippen LogP contribution in [0.4, 0.5) is 4.39 Å². The van der Waals surface area contributed by atoms with E-state index in [4.69, 9.17) is 0 Å². The Hall–Kier alpha value is -1.50. The summed E-state index contributed by atoms with van der Waals surface area (Å²) < 4.78 is 14.5. The smallest absolute Gasteiger partial charge is 0.264 e. The number of aliphatic hydroxyl groups is 1. The van der Waals surface area contributed by atoms with E-state index in [1.165, 1.54) is 17.4 Å². The van der Waals surface area contributed by atoms with Crippen LogP contribution in [0, 0.1) is 5.82 Å². The number of rotatable bonds is 3. The van der Waals surface area contributed by atoms with Crippen LogP contribution in [0.5, 0.6) is 0 Å². The molecule has 1 N–H and O–H groups in total. The Balaban J connectivity index is 1.70. The number of thiophene rings is 1. The van der Waals surface area contributed by atoms with E-state index in [1.807, 2.05) is 6.07 Å². The predicted molar refractivity (Wildman–Crippen MR) is 85.8 cm³/mol. The maximum atomic E-state index is 13.7. The van der Waals surface area contributed by atoms with E-state index in [0.717, 1.165) is 17.8 Å². The van der Waals surface area contributed by atoms with E-state index < -0.39 is 0 Å². The highest BCUT2D eigenvalue weighted by Gasteiger charge is 2.24. The van der Waals surface area contributed by atoms with Crippen LogP contribution in [-0.4, -0.2) is 59.6 Å². The summed E-state index contributed by atoms with van der Waals surface area (Å²) >= 11 is 1.34. The third kappa shape index (κ3) is 3.14. The van der Waals surface area contributed by atoms with Crippen molar-refractivity contribution in [1.29, 1.82) is 0 Å².